The average molecular weight is 326 g/mol. The van der Waals surface area contributed by atoms with Crippen molar-refractivity contribution in [3.05, 3.63) is 34.1 Å². The molecule has 0 radical (unpaired) electrons. The number of amides is 1. The summed E-state index contributed by atoms with van der Waals surface area (Å²) in [6.07, 6.45) is 0.713. The highest BCUT2D eigenvalue weighted by atomic mass is 79.9. The van der Waals surface area contributed by atoms with E-state index in [0.29, 0.717) is 23.0 Å². The molecule has 1 aromatic rings. The van der Waals surface area contributed by atoms with Crippen LogP contribution in [0.3, 0.4) is 0 Å². The molecule has 0 saturated carbocycles. The van der Waals surface area contributed by atoms with Gasteiger partial charge in [0.2, 0.25) is 0 Å². The first-order valence-electron chi connectivity index (χ1n) is 4.99. The van der Waals surface area contributed by atoms with E-state index in [-0.39, 0.29) is 30.2 Å². The average Bonchev–Trinajstić information content (AvgIpc) is 2.16. The van der Waals surface area contributed by atoms with E-state index in [9.17, 15) is 9.18 Å². The molecule has 17 heavy (non-hydrogen) atoms. The molecule has 96 valence electrons. The Morgan fingerprint density at radius 2 is 2.24 bits per heavy atom. The predicted molar refractivity (Wildman–Crippen MR) is 71.9 cm³/mol. The molecule has 0 aliphatic heterocycles. The number of hydrogen-bond donors (Lipinski definition) is 2. The molecule has 0 fully saturated rings. The number of halogens is 3. The van der Waals surface area contributed by atoms with Crippen molar-refractivity contribution in [1.82, 2.24) is 5.32 Å². The summed E-state index contributed by atoms with van der Waals surface area (Å²) in [7, 11) is 0. The number of hydrogen-bond acceptors (Lipinski definition) is 2. The van der Waals surface area contributed by atoms with Crippen LogP contribution in [-0.4, -0.2) is 18.5 Å². The Bertz CT molecular complexity index is 388. The number of benzene rings is 1. The molecule has 6 heteroatoms. The molecule has 0 bridgehead atoms. The fraction of sp³-hybridized carbons (Fsp3) is 0.364. The molecule has 1 rings (SSSR count). The zero-order valence-corrected chi connectivity index (χ0v) is 11.8. The van der Waals surface area contributed by atoms with Crippen LogP contribution in [0.2, 0.25) is 0 Å². The highest BCUT2D eigenvalue weighted by Gasteiger charge is 2.10. The number of carbonyl (C=O) groups is 1. The third-order valence-electron chi connectivity index (χ3n) is 2.06. The van der Waals surface area contributed by atoms with Crippen LogP contribution in [-0.2, 0) is 0 Å². The molecular formula is C11H15BrClFN2O. The lowest BCUT2D eigenvalue weighted by molar-refractivity contribution is 0.0952. The zero-order valence-electron chi connectivity index (χ0n) is 9.37. The quantitative estimate of drug-likeness (QED) is 0.893. The van der Waals surface area contributed by atoms with Crippen molar-refractivity contribution in [3.8, 4) is 0 Å². The fourth-order valence-corrected chi connectivity index (χ4v) is 1.71. The van der Waals surface area contributed by atoms with E-state index in [4.69, 9.17) is 5.73 Å². The van der Waals surface area contributed by atoms with Gasteiger partial charge in [0.25, 0.3) is 5.91 Å². The smallest absolute Gasteiger partial charge is 0.252 e. The second-order valence-corrected chi connectivity index (χ2v) is 4.50. The first-order chi connectivity index (χ1) is 7.50. The largest absolute Gasteiger partial charge is 0.352 e. The van der Waals surface area contributed by atoms with Crippen molar-refractivity contribution in [2.45, 2.75) is 19.4 Å². The normalized spacial score (nSPS) is 11.5. The summed E-state index contributed by atoms with van der Waals surface area (Å²) in [6, 6.07) is 4.02. The summed E-state index contributed by atoms with van der Waals surface area (Å²) in [6.45, 7) is 2.39. The minimum Gasteiger partial charge on any atom is -0.352 e. The molecule has 1 unspecified atom stereocenters. The van der Waals surface area contributed by atoms with E-state index in [1.165, 1.54) is 18.2 Å². The lowest BCUT2D eigenvalue weighted by Gasteiger charge is -2.08. The molecular weight excluding hydrogens is 310 g/mol. The molecule has 0 aliphatic rings. The zero-order chi connectivity index (χ0) is 12.1. The second kappa shape index (κ2) is 7.63. The number of nitrogens with one attached hydrogen (secondary N) is 1. The molecule has 0 saturated heterocycles. The van der Waals surface area contributed by atoms with Gasteiger partial charge < -0.3 is 11.1 Å². The van der Waals surface area contributed by atoms with E-state index < -0.39 is 0 Å². The van der Waals surface area contributed by atoms with Crippen LogP contribution in [0.1, 0.15) is 23.7 Å². The topological polar surface area (TPSA) is 55.1 Å². The van der Waals surface area contributed by atoms with E-state index >= 15 is 0 Å². The van der Waals surface area contributed by atoms with Gasteiger partial charge in [-0.1, -0.05) is 0 Å². The van der Waals surface area contributed by atoms with E-state index in [0.717, 1.165) is 0 Å². The van der Waals surface area contributed by atoms with Crippen molar-refractivity contribution < 1.29 is 9.18 Å². The van der Waals surface area contributed by atoms with Crippen molar-refractivity contribution in [2.75, 3.05) is 6.54 Å². The van der Waals surface area contributed by atoms with Crippen LogP contribution in [0.4, 0.5) is 4.39 Å². The van der Waals surface area contributed by atoms with Gasteiger partial charge in [0.05, 0.1) is 5.56 Å². The SMILES string of the molecule is CC(N)CCNC(=O)c1ccc(F)cc1Br.Cl. The van der Waals surface area contributed by atoms with Gasteiger partial charge >= 0.3 is 0 Å². The summed E-state index contributed by atoms with van der Waals surface area (Å²) in [5, 5.41) is 2.72. The standard InChI is InChI=1S/C11H14BrFN2O.ClH/c1-7(14)4-5-15-11(16)9-3-2-8(13)6-10(9)12;/h2-3,6-7H,4-5,14H2,1H3,(H,15,16);1H. The lowest BCUT2D eigenvalue weighted by atomic mass is 10.2. The van der Waals surface area contributed by atoms with Gasteiger partial charge in [0.15, 0.2) is 0 Å². The number of carbonyl (C=O) groups excluding carboxylic acids is 1. The van der Waals surface area contributed by atoms with Gasteiger partial charge in [-0.25, -0.2) is 4.39 Å². The third-order valence-corrected chi connectivity index (χ3v) is 2.72. The third kappa shape index (κ3) is 5.48. The van der Waals surface area contributed by atoms with Crippen LogP contribution in [0.25, 0.3) is 0 Å². The Morgan fingerprint density at radius 1 is 1.59 bits per heavy atom. The van der Waals surface area contributed by atoms with Crippen LogP contribution in [0.5, 0.6) is 0 Å². The van der Waals surface area contributed by atoms with Crippen LogP contribution in [0, 0.1) is 5.82 Å². The summed E-state index contributed by atoms with van der Waals surface area (Å²) in [5.41, 5.74) is 5.98. The summed E-state index contributed by atoms with van der Waals surface area (Å²) in [4.78, 5) is 11.7. The highest BCUT2D eigenvalue weighted by molar-refractivity contribution is 9.10. The lowest BCUT2D eigenvalue weighted by Crippen LogP contribution is -2.29. The molecule has 1 aromatic carbocycles. The number of nitrogens with two attached hydrogens (primary N) is 1. The van der Waals surface area contributed by atoms with Gasteiger partial charge in [-0.15, -0.1) is 12.4 Å². The Kier molecular flexibility index (Phi) is 7.34. The van der Waals surface area contributed by atoms with E-state index in [1.54, 1.807) is 0 Å². The molecule has 0 heterocycles. The molecule has 0 aromatic heterocycles. The Balaban J connectivity index is 0.00000256. The van der Waals surface area contributed by atoms with Gasteiger partial charge in [-0.3, -0.25) is 4.79 Å². The maximum absolute atomic E-state index is 12.8. The molecule has 1 atom stereocenters. The maximum atomic E-state index is 12.8. The first kappa shape index (κ1) is 16.4. The van der Waals surface area contributed by atoms with Crippen molar-refractivity contribution >= 4 is 34.2 Å². The summed E-state index contributed by atoms with van der Waals surface area (Å²) >= 11 is 3.14. The van der Waals surface area contributed by atoms with Gasteiger partial charge in [-0.05, 0) is 47.5 Å². The van der Waals surface area contributed by atoms with Gasteiger partial charge in [0, 0.05) is 17.1 Å². The van der Waals surface area contributed by atoms with Crippen LogP contribution >= 0.6 is 28.3 Å². The minimum absolute atomic E-state index is 0. The Hall–Kier alpha value is -0.650. The molecule has 0 spiro atoms. The molecule has 0 aliphatic carbocycles. The number of rotatable bonds is 4. The Morgan fingerprint density at radius 3 is 2.76 bits per heavy atom. The predicted octanol–water partition coefficient (Wildman–Crippen LogP) is 2.48. The molecule has 3 nitrogen and oxygen atoms in total. The maximum Gasteiger partial charge on any atom is 0.252 e. The molecule has 3 N–H and O–H groups in total. The first-order valence-corrected chi connectivity index (χ1v) is 5.79. The van der Waals surface area contributed by atoms with E-state index in [1.807, 2.05) is 6.92 Å². The summed E-state index contributed by atoms with van der Waals surface area (Å²) < 4.78 is 13.2. The highest BCUT2D eigenvalue weighted by Crippen LogP contribution is 2.17. The van der Waals surface area contributed by atoms with E-state index in [2.05, 4.69) is 21.2 Å². The van der Waals surface area contributed by atoms with Crippen molar-refractivity contribution in [2.24, 2.45) is 5.73 Å². The second-order valence-electron chi connectivity index (χ2n) is 3.65. The fourth-order valence-electron chi connectivity index (χ4n) is 1.18. The van der Waals surface area contributed by atoms with Crippen LogP contribution < -0.4 is 11.1 Å². The van der Waals surface area contributed by atoms with Crippen molar-refractivity contribution in [1.29, 1.82) is 0 Å². The van der Waals surface area contributed by atoms with Gasteiger partial charge in [-0.2, -0.15) is 0 Å². The van der Waals surface area contributed by atoms with Crippen LogP contribution in [0.15, 0.2) is 22.7 Å². The monoisotopic (exact) mass is 324 g/mol. The molecule has 1 amide bonds. The minimum atomic E-state index is -0.376. The van der Waals surface area contributed by atoms with Crippen molar-refractivity contribution in [3.63, 3.8) is 0 Å². The van der Waals surface area contributed by atoms with Gasteiger partial charge in [0.1, 0.15) is 5.82 Å². The summed E-state index contributed by atoms with van der Waals surface area (Å²) in [5.74, 6) is -0.605. The Labute approximate surface area is 114 Å².